The second-order valence-electron chi connectivity index (χ2n) is 6.13. The zero-order valence-corrected chi connectivity index (χ0v) is 12.9. The maximum atomic E-state index is 3.56. The Morgan fingerprint density at radius 1 is 1.24 bits per heavy atom. The molecule has 0 spiro atoms. The fourth-order valence-electron chi connectivity index (χ4n) is 2.04. The molecule has 0 aromatic heterocycles. The molecule has 1 N–H and O–H groups in total. The summed E-state index contributed by atoms with van der Waals surface area (Å²) in [7, 11) is 0. The summed E-state index contributed by atoms with van der Waals surface area (Å²) in [5.74, 6) is 2.11. The van der Waals surface area contributed by atoms with Crippen LogP contribution in [0.25, 0.3) is 0 Å². The molecule has 0 amide bonds. The maximum absolute atomic E-state index is 3.56. The highest BCUT2D eigenvalue weighted by atomic mass is 32.2. The summed E-state index contributed by atoms with van der Waals surface area (Å²) in [5, 5.41) is 3.56. The molecule has 1 rings (SSSR count). The summed E-state index contributed by atoms with van der Waals surface area (Å²) in [6, 6.07) is 0. The van der Waals surface area contributed by atoms with Gasteiger partial charge in [0, 0.05) is 30.1 Å². The molecular weight excluding hydrogens is 228 g/mol. The van der Waals surface area contributed by atoms with Crippen LogP contribution in [-0.2, 0) is 0 Å². The Bertz CT molecular complexity index is 204. The van der Waals surface area contributed by atoms with E-state index in [1.165, 1.54) is 44.8 Å². The number of hydrogen-bond donors (Lipinski definition) is 1. The molecule has 0 saturated carbocycles. The number of thioether (sulfide) groups is 1. The van der Waals surface area contributed by atoms with E-state index in [-0.39, 0.29) is 0 Å². The zero-order valence-electron chi connectivity index (χ0n) is 12.1. The van der Waals surface area contributed by atoms with E-state index in [2.05, 4.69) is 49.7 Å². The highest BCUT2D eigenvalue weighted by Gasteiger charge is 2.23. The maximum Gasteiger partial charge on any atom is 0.0116 e. The first-order valence-electron chi connectivity index (χ1n) is 7.07. The van der Waals surface area contributed by atoms with Gasteiger partial charge in [-0.25, -0.2) is 0 Å². The lowest BCUT2D eigenvalue weighted by molar-refractivity contribution is 0.282. The van der Waals surface area contributed by atoms with Crippen molar-refractivity contribution in [3.63, 3.8) is 0 Å². The van der Waals surface area contributed by atoms with E-state index >= 15 is 0 Å². The molecule has 0 aromatic rings. The van der Waals surface area contributed by atoms with Crippen LogP contribution >= 0.6 is 11.8 Å². The van der Waals surface area contributed by atoms with Gasteiger partial charge in [-0.3, -0.25) is 0 Å². The molecule has 1 fully saturated rings. The number of nitrogens with one attached hydrogen (secondary N) is 1. The summed E-state index contributed by atoms with van der Waals surface area (Å²) in [5.41, 5.74) is 0. The average molecular weight is 258 g/mol. The normalized spacial score (nSPS) is 21.7. The van der Waals surface area contributed by atoms with E-state index in [1.54, 1.807) is 0 Å². The van der Waals surface area contributed by atoms with Crippen LogP contribution in [0, 0.1) is 5.92 Å². The van der Waals surface area contributed by atoms with Crippen LogP contribution in [0.5, 0.6) is 0 Å². The molecule has 0 bridgehead atoms. The van der Waals surface area contributed by atoms with Gasteiger partial charge in [0.1, 0.15) is 0 Å². The highest BCUT2D eigenvalue weighted by molar-refractivity contribution is 8.00. The minimum absolute atomic E-state index is 0.486. The molecule has 102 valence electrons. The second-order valence-corrected chi connectivity index (χ2v) is 7.93. The first-order chi connectivity index (χ1) is 7.99. The largest absolute Gasteiger partial charge is 0.315 e. The van der Waals surface area contributed by atoms with Crippen molar-refractivity contribution in [1.82, 2.24) is 10.2 Å². The molecule has 1 aliphatic heterocycles. The van der Waals surface area contributed by atoms with Gasteiger partial charge in [0.2, 0.25) is 0 Å². The van der Waals surface area contributed by atoms with E-state index in [9.17, 15) is 0 Å². The Kier molecular flexibility index (Phi) is 6.90. The van der Waals surface area contributed by atoms with Gasteiger partial charge in [-0.15, -0.1) is 0 Å². The van der Waals surface area contributed by atoms with Gasteiger partial charge in [-0.1, -0.05) is 27.7 Å². The van der Waals surface area contributed by atoms with E-state index < -0.39 is 0 Å². The predicted molar refractivity (Wildman–Crippen MR) is 79.9 cm³/mol. The Labute approximate surface area is 112 Å². The van der Waals surface area contributed by atoms with Crippen molar-refractivity contribution in [1.29, 1.82) is 0 Å². The lowest BCUT2D eigenvalue weighted by Crippen LogP contribution is -2.34. The van der Waals surface area contributed by atoms with Crippen LogP contribution in [0.15, 0.2) is 0 Å². The first-order valence-corrected chi connectivity index (χ1v) is 8.05. The van der Waals surface area contributed by atoms with Gasteiger partial charge < -0.3 is 10.2 Å². The predicted octanol–water partition coefficient (Wildman–Crippen LogP) is 2.84. The molecule has 17 heavy (non-hydrogen) atoms. The van der Waals surface area contributed by atoms with Crippen LogP contribution in [-0.4, -0.2) is 48.1 Å². The van der Waals surface area contributed by atoms with Crippen LogP contribution in [0.3, 0.4) is 0 Å². The Hall–Kier alpha value is 0.270. The molecule has 0 atom stereocenters. The molecule has 0 aromatic carbocycles. The summed E-state index contributed by atoms with van der Waals surface area (Å²) in [6.07, 6.45) is 2.62. The van der Waals surface area contributed by atoms with Gasteiger partial charge in [0.15, 0.2) is 0 Å². The quantitative estimate of drug-likeness (QED) is 0.738. The number of rotatable bonds is 6. The molecule has 1 saturated heterocycles. The van der Waals surface area contributed by atoms with Crippen LogP contribution in [0.2, 0.25) is 0 Å². The summed E-state index contributed by atoms with van der Waals surface area (Å²) in [4.78, 5) is 2.62. The molecular formula is C14H30N2S. The number of nitrogens with zero attached hydrogens (tertiary/aromatic N) is 1. The molecule has 2 nitrogen and oxygen atoms in total. The Balaban J connectivity index is 2.07. The third-order valence-electron chi connectivity index (χ3n) is 3.43. The highest BCUT2D eigenvalue weighted by Crippen LogP contribution is 2.30. The monoisotopic (exact) mass is 258 g/mol. The Morgan fingerprint density at radius 2 is 2.00 bits per heavy atom. The molecule has 3 heteroatoms. The van der Waals surface area contributed by atoms with Crippen molar-refractivity contribution >= 4 is 11.8 Å². The van der Waals surface area contributed by atoms with Crippen molar-refractivity contribution in [2.75, 3.05) is 38.5 Å². The third kappa shape index (κ3) is 7.32. The number of hydrogen-bond acceptors (Lipinski definition) is 3. The van der Waals surface area contributed by atoms with Gasteiger partial charge >= 0.3 is 0 Å². The van der Waals surface area contributed by atoms with Gasteiger partial charge in [-0.2, -0.15) is 11.8 Å². The molecule has 0 radical (unpaired) electrons. The van der Waals surface area contributed by atoms with Crippen LogP contribution in [0.4, 0.5) is 0 Å². The van der Waals surface area contributed by atoms with Gasteiger partial charge in [0.05, 0.1) is 0 Å². The standard InChI is InChI=1S/C14H30N2S/c1-13(2)5-7-15-8-10-16-9-6-14(3,4)17-12-11-16/h13,15H,5-12H2,1-4H3. The van der Waals surface area contributed by atoms with E-state index in [0.717, 1.165) is 12.5 Å². The average Bonchev–Trinajstić information content (AvgIpc) is 2.39. The van der Waals surface area contributed by atoms with Gasteiger partial charge in [-0.05, 0) is 31.8 Å². The smallest absolute Gasteiger partial charge is 0.0116 e. The van der Waals surface area contributed by atoms with E-state index in [0.29, 0.717) is 4.75 Å². The minimum Gasteiger partial charge on any atom is -0.315 e. The van der Waals surface area contributed by atoms with Crippen molar-refractivity contribution < 1.29 is 0 Å². The summed E-state index contributed by atoms with van der Waals surface area (Å²) >= 11 is 2.13. The second kappa shape index (κ2) is 7.65. The summed E-state index contributed by atoms with van der Waals surface area (Å²) in [6.45, 7) is 15.4. The minimum atomic E-state index is 0.486. The SMILES string of the molecule is CC(C)CCNCCN1CCSC(C)(C)CC1. The first kappa shape index (κ1) is 15.3. The van der Waals surface area contributed by atoms with Crippen molar-refractivity contribution in [2.45, 2.75) is 45.3 Å². The lowest BCUT2D eigenvalue weighted by Gasteiger charge is -2.22. The zero-order chi connectivity index (χ0) is 12.7. The third-order valence-corrected chi connectivity index (χ3v) is 4.81. The lowest BCUT2D eigenvalue weighted by atomic mass is 10.1. The summed E-state index contributed by atoms with van der Waals surface area (Å²) < 4.78 is 0.486. The van der Waals surface area contributed by atoms with Crippen molar-refractivity contribution in [3.05, 3.63) is 0 Å². The van der Waals surface area contributed by atoms with Crippen LogP contribution < -0.4 is 5.32 Å². The van der Waals surface area contributed by atoms with Crippen LogP contribution in [0.1, 0.15) is 40.5 Å². The van der Waals surface area contributed by atoms with Gasteiger partial charge in [0.25, 0.3) is 0 Å². The molecule has 1 aliphatic rings. The fraction of sp³-hybridized carbons (Fsp3) is 1.00. The Morgan fingerprint density at radius 3 is 2.71 bits per heavy atom. The van der Waals surface area contributed by atoms with E-state index in [4.69, 9.17) is 0 Å². The van der Waals surface area contributed by atoms with Crippen molar-refractivity contribution in [3.8, 4) is 0 Å². The van der Waals surface area contributed by atoms with Crippen molar-refractivity contribution in [2.24, 2.45) is 5.92 Å². The molecule has 0 aliphatic carbocycles. The molecule has 0 unspecified atom stereocenters. The van der Waals surface area contributed by atoms with E-state index in [1.807, 2.05) is 0 Å². The fourth-order valence-corrected chi connectivity index (χ4v) is 3.18. The molecule has 1 heterocycles. The topological polar surface area (TPSA) is 15.3 Å².